The highest BCUT2D eigenvalue weighted by Gasteiger charge is 2.25. The Morgan fingerprint density at radius 1 is 0.960 bits per heavy atom. The fraction of sp³-hybridized carbons (Fsp3) is 0.565. The Hall–Kier alpha value is -1.54. The van der Waals surface area contributed by atoms with Crippen LogP contribution in [0.3, 0.4) is 0 Å². The summed E-state index contributed by atoms with van der Waals surface area (Å²) in [6.45, 7) is 2.95. The van der Waals surface area contributed by atoms with Crippen molar-refractivity contribution in [1.29, 1.82) is 0 Å². The molecule has 25 heavy (non-hydrogen) atoms. The number of unbranched alkanes of at least 4 members (excludes halogenated alkanes) is 6. The highest BCUT2D eigenvalue weighted by atomic mass is 16.8. The average molecular weight is 343 g/mol. The van der Waals surface area contributed by atoms with Gasteiger partial charge in [0.1, 0.15) is 12.4 Å². The van der Waals surface area contributed by atoms with Crippen molar-refractivity contribution in [3.05, 3.63) is 54.1 Å². The Kier molecular flexibility index (Phi) is 10.1. The SMILES string of the molecule is CCC/C=C/C/C=C/CCCCCCCc1ccccc1OC1CO1. The molecule has 0 aromatic heterocycles. The summed E-state index contributed by atoms with van der Waals surface area (Å²) in [4.78, 5) is 0. The molecule has 1 aliphatic heterocycles. The van der Waals surface area contributed by atoms with Crippen LogP contribution < -0.4 is 4.74 Å². The van der Waals surface area contributed by atoms with E-state index in [0.29, 0.717) is 0 Å². The number of ether oxygens (including phenoxy) is 2. The smallest absolute Gasteiger partial charge is 0.223 e. The number of allylic oxidation sites excluding steroid dienone is 4. The summed E-state index contributed by atoms with van der Waals surface area (Å²) in [6.07, 6.45) is 21.6. The molecule has 1 unspecified atom stereocenters. The molecule has 2 nitrogen and oxygen atoms in total. The number of rotatable bonds is 14. The maximum absolute atomic E-state index is 5.79. The standard InChI is InChI=1S/C23H34O2/c1-2-3-4-5-6-7-8-9-10-11-12-13-14-17-21-18-15-16-19-22(21)25-23-20-24-23/h4-5,7-8,15-16,18-19,23H,2-3,6,9-14,17,20H2,1H3/b5-4+,8-7+. The van der Waals surface area contributed by atoms with Crippen LogP contribution in [0.15, 0.2) is 48.6 Å². The molecule has 2 rings (SSSR count). The van der Waals surface area contributed by atoms with Gasteiger partial charge < -0.3 is 9.47 Å². The van der Waals surface area contributed by atoms with Gasteiger partial charge in [-0.1, -0.05) is 75.1 Å². The van der Waals surface area contributed by atoms with E-state index in [0.717, 1.165) is 25.2 Å². The third kappa shape index (κ3) is 9.50. The van der Waals surface area contributed by atoms with Gasteiger partial charge in [-0.15, -0.1) is 0 Å². The molecule has 138 valence electrons. The molecule has 1 aromatic carbocycles. The molecular weight excluding hydrogens is 308 g/mol. The summed E-state index contributed by atoms with van der Waals surface area (Å²) in [6, 6.07) is 8.37. The number of hydrogen-bond acceptors (Lipinski definition) is 2. The topological polar surface area (TPSA) is 21.8 Å². The minimum absolute atomic E-state index is 0.00339. The lowest BCUT2D eigenvalue weighted by Crippen LogP contribution is -2.01. The van der Waals surface area contributed by atoms with Crippen molar-refractivity contribution < 1.29 is 9.47 Å². The van der Waals surface area contributed by atoms with Crippen LogP contribution in [0.4, 0.5) is 0 Å². The predicted octanol–water partition coefficient (Wildman–Crippen LogP) is 6.61. The van der Waals surface area contributed by atoms with Crippen molar-refractivity contribution in [2.45, 2.75) is 77.4 Å². The molecule has 1 saturated heterocycles. The first-order valence-corrected chi connectivity index (χ1v) is 10.1. The third-order valence-corrected chi connectivity index (χ3v) is 4.41. The lowest BCUT2D eigenvalue weighted by Gasteiger charge is -2.09. The van der Waals surface area contributed by atoms with E-state index >= 15 is 0 Å². The number of benzene rings is 1. The molecule has 2 heteroatoms. The summed E-state index contributed by atoms with van der Waals surface area (Å²) < 4.78 is 10.9. The van der Waals surface area contributed by atoms with Crippen molar-refractivity contribution in [2.75, 3.05) is 6.61 Å². The van der Waals surface area contributed by atoms with Crippen LogP contribution in [-0.4, -0.2) is 12.9 Å². The van der Waals surface area contributed by atoms with Crippen LogP contribution in [0, 0.1) is 0 Å². The second-order valence-electron chi connectivity index (χ2n) is 6.76. The van der Waals surface area contributed by atoms with Crippen molar-refractivity contribution >= 4 is 0 Å². The average Bonchev–Trinajstić information content (AvgIpc) is 3.44. The Labute approximate surface area is 153 Å². The molecule has 0 aliphatic carbocycles. The first kappa shape index (κ1) is 19.8. The largest absolute Gasteiger partial charge is 0.462 e. The van der Waals surface area contributed by atoms with Gasteiger partial charge in [0.2, 0.25) is 6.29 Å². The highest BCUT2D eigenvalue weighted by Crippen LogP contribution is 2.25. The number of para-hydroxylation sites is 1. The van der Waals surface area contributed by atoms with Crippen LogP contribution in [-0.2, 0) is 11.2 Å². The summed E-state index contributed by atoms with van der Waals surface area (Å²) in [5, 5.41) is 0. The fourth-order valence-corrected chi connectivity index (χ4v) is 2.86. The molecule has 0 radical (unpaired) electrons. The first-order chi connectivity index (χ1) is 12.4. The molecule has 0 saturated carbocycles. The van der Waals surface area contributed by atoms with Gasteiger partial charge in [0.05, 0.1) is 0 Å². The maximum atomic E-state index is 5.79. The number of hydrogen-bond donors (Lipinski definition) is 0. The van der Waals surface area contributed by atoms with Gasteiger partial charge in [0.25, 0.3) is 0 Å². The Bertz CT molecular complexity index is 515. The van der Waals surface area contributed by atoms with Crippen molar-refractivity contribution in [2.24, 2.45) is 0 Å². The second kappa shape index (κ2) is 12.8. The van der Waals surface area contributed by atoms with E-state index in [-0.39, 0.29) is 6.29 Å². The van der Waals surface area contributed by atoms with Gasteiger partial charge in [-0.05, 0) is 50.2 Å². The van der Waals surface area contributed by atoms with Crippen LogP contribution in [0.2, 0.25) is 0 Å². The normalized spacial score (nSPS) is 16.8. The molecular formula is C23H34O2. The van der Waals surface area contributed by atoms with E-state index in [4.69, 9.17) is 9.47 Å². The van der Waals surface area contributed by atoms with Gasteiger partial charge in [-0.3, -0.25) is 0 Å². The molecule has 0 spiro atoms. The Morgan fingerprint density at radius 3 is 2.48 bits per heavy atom. The van der Waals surface area contributed by atoms with E-state index in [1.165, 1.54) is 56.9 Å². The molecule has 1 aliphatic rings. The Balaban J connectivity index is 1.46. The monoisotopic (exact) mass is 342 g/mol. The fourth-order valence-electron chi connectivity index (χ4n) is 2.86. The lowest BCUT2D eigenvalue weighted by atomic mass is 10.0. The van der Waals surface area contributed by atoms with Crippen LogP contribution in [0.5, 0.6) is 5.75 Å². The lowest BCUT2D eigenvalue weighted by molar-refractivity contribution is 0.177. The van der Waals surface area contributed by atoms with Crippen molar-refractivity contribution in [1.82, 2.24) is 0 Å². The molecule has 0 bridgehead atoms. The van der Waals surface area contributed by atoms with Crippen LogP contribution >= 0.6 is 0 Å². The first-order valence-electron chi connectivity index (χ1n) is 10.1. The van der Waals surface area contributed by atoms with Gasteiger partial charge in [-0.2, -0.15) is 0 Å². The molecule has 1 aromatic rings. The predicted molar refractivity (Wildman–Crippen MR) is 106 cm³/mol. The van der Waals surface area contributed by atoms with Crippen molar-refractivity contribution in [3.63, 3.8) is 0 Å². The third-order valence-electron chi connectivity index (χ3n) is 4.41. The van der Waals surface area contributed by atoms with Gasteiger partial charge >= 0.3 is 0 Å². The van der Waals surface area contributed by atoms with Crippen LogP contribution in [0.25, 0.3) is 0 Å². The van der Waals surface area contributed by atoms with Gasteiger partial charge in [-0.25, -0.2) is 0 Å². The molecule has 1 atom stereocenters. The summed E-state index contributed by atoms with van der Waals surface area (Å²) >= 11 is 0. The van der Waals surface area contributed by atoms with E-state index in [1.807, 2.05) is 6.07 Å². The molecule has 1 heterocycles. The molecule has 0 N–H and O–H groups in total. The number of epoxide rings is 1. The van der Waals surface area contributed by atoms with E-state index in [2.05, 4.69) is 49.4 Å². The number of aryl methyl sites for hydroxylation is 1. The van der Waals surface area contributed by atoms with Crippen LogP contribution in [0.1, 0.15) is 70.3 Å². The van der Waals surface area contributed by atoms with E-state index in [9.17, 15) is 0 Å². The van der Waals surface area contributed by atoms with Gasteiger partial charge in [0, 0.05) is 0 Å². The second-order valence-corrected chi connectivity index (χ2v) is 6.76. The quantitative estimate of drug-likeness (QED) is 0.216. The summed E-state index contributed by atoms with van der Waals surface area (Å²) in [7, 11) is 0. The maximum Gasteiger partial charge on any atom is 0.223 e. The zero-order chi connectivity index (χ0) is 17.6. The zero-order valence-electron chi connectivity index (χ0n) is 15.8. The Morgan fingerprint density at radius 2 is 1.68 bits per heavy atom. The molecule has 0 amide bonds. The van der Waals surface area contributed by atoms with E-state index < -0.39 is 0 Å². The molecule has 1 fully saturated rings. The van der Waals surface area contributed by atoms with Gasteiger partial charge in [0.15, 0.2) is 0 Å². The minimum atomic E-state index is -0.00339. The zero-order valence-corrected chi connectivity index (χ0v) is 15.8. The summed E-state index contributed by atoms with van der Waals surface area (Å²) in [5.74, 6) is 1.00. The summed E-state index contributed by atoms with van der Waals surface area (Å²) in [5.41, 5.74) is 1.32. The minimum Gasteiger partial charge on any atom is -0.462 e. The van der Waals surface area contributed by atoms with Crippen molar-refractivity contribution in [3.8, 4) is 5.75 Å². The highest BCUT2D eigenvalue weighted by molar-refractivity contribution is 5.33. The van der Waals surface area contributed by atoms with E-state index in [1.54, 1.807) is 0 Å².